The van der Waals surface area contributed by atoms with Gasteiger partial charge in [0.2, 0.25) is 0 Å². The van der Waals surface area contributed by atoms with Crippen LogP contribution in [0.1, 0.15) is 11.3 Å². The highest BCUT2D eigenvalue weighted by Gasteiger charge is 2.34. The number of alkyl halides is 3. The zero-order chi connectivity index (χ0) is 14.0. The lowest BCUT2D eigenvalue weighted by molar-refractivity contribution is -0.141. The lowest BCUT2D eigenvalue weighted by Gasteiger charge is -2.29. The van der Waals surface area contributed by atoms with Crippen LogP contribution in [0.15, 0.2) is 12.1 Å². The molecule has 3 N–H and O–H groups in total. The van der Waals surface area contributed by atoms with Crippen LogP contribution in [0.4, 0.5) is 19.0 Å². The van der Waals surface area contributed by atoms with Gasteiger partial charge >= 0.3 is 6.18 Å². The van der Waals surface area contributed by atoms with Crippen molar-refractivity contribution in [2.24, 2.45) is 5.73 Å². The second-order valence-corrected chi connectivity index (χ2v) is 4.08. The van der Waals surface area contributed by atoms with Gasteiger partial charge in [0.1, 0.15) is 17.3 Å². The van der Waals surface area contributed by atoms with Crippen molar-refractivity contribution in [2.45, 2.75) is 6.18 Å². The molecule has 0 bridgehead atoms. The van der Waals surface area contributed by atoms with Gasteiger partial charge in [0, 0.05) is 13.1 Å². The summed E-state index contributed by atoms with van der Waals surface area (Å²) < 4.78 is 43.2. The van der Waals surface area contributed by atoms with E-state index in [9.17, 15) is 13.2 Å². The molecule has 0 spiro atoms. The number of hydrogen-bond acceptors (Lipinski definition) is 4. The Morgan fingerprint density at radius 3 is 2.47 bits per heavy atom. The number of nitrogens with two attached hydrogens (primary N) is 1. The molecular weight excluding hydrogens is 261 g/mol. The first-order valence-electron chi connectivity index (χ1n) is 5.65. The van der Waals surface area contributed by atoms with Gasteiger partial charge in [-0.15, -0.1) is 0 Å². The highest BCUT2D eigenvalue weighted by atomic mass is 19.4. The average molecular weight is 274 g/mol. The number of amidine groups is 1. The number of halogens is 3. The number of rotatable bonds is 2. The molecule has 8 heteroatoms. The van der Waals surface area contributed by atoms with Crippen LogP contribution in [0.3, 0.4) is 0 Å². The maximum Gasteiger partial charge on any atom is 0.433 e. The van der Waals surface area contributed by atoms with Gasteiger partial charge in [0.25, 0.3) is 0 Å². The molecule has 1 aromatic rings. The number of nitrogens with one attached hydrogen (secondary N) is 1. The van der Waals surface area contributed by atoms with E-state index in [0.717, 1.165) is 6.07 Å². The Morgan fingerprint density at radius 2 is 1.95 bits per heavy atom. The van der Waals surface area contributed by atoms with E-state index in [1.165, 1.54) is 6.07 Å². The van der Waals surface area contributed by atoms with Crippen LogP contribution < -0.4 is 10.6 Å². The van der Waals surface area contributed by atoms with E-state index >= 15 is 0 Å². The third kappa shape index (κ3) is 2.95. The Morgan fingerprint density at radius 1 is 1.32 bits per heavy atom. The molecule has 19 heavy (non-hydrogen) atoms. The molecule has 1 aromatic heterocycles. The van der Waals surface area contributed by atoms with E-state index < -0.39 is 11.9 Å². The molecule has 2 rings (SSSR count). The zero-order valence-electron chi connectivity index (χ0n) is 10.00. The van der Waals surface area contributed by atoms with E-state index in [0.29, 0.717) is 26.3 Å². The van der Waals surface area contributed by atoms with Crippen molar-refractivity contribution in [1.29, 1.82) is 5.41 Å². The summed E-state index contributed by atoms with van der Waals surface area (Å²) in [4.78, 5) is 5.26. The van der Waals surface area contributed by atoms with Crippen LogP contribution in [0.2, 0.25) is 0 Å². The summed E-state index contributed by atoms with van der Waals surface area (Å²) in [5.74, 6) is -0.214. The summed E-state index contributed by atoms with van der Waals surface area (Å²) in [7, 11) is 0. The van der Waals surface area contributed by atoms with Gasteiger partial charge in [-0.2, -0.15) is 13.2 Å². The summed E-state index contributed by atoms with van der Waals surface area (Å²) in [6, 6.07) is 2.02. The molecule has 0 radical (unpaired) electrons. The lowest BCUT2D eigenvalue weighted by Crippen LogP contribution is -2.38. The minimum atomic E-state index is -4.52. The van der Waals surface area contributed by atoms with Crippen molar-refractivity contribution in [2.75, 3.05) is 31.2 Å². The van der Waals surface area contributed by atoms with Crippen molar-refractivity contribution in [3.05, 3.63) is 23.4 Å². The van der Waals surface area contributed by atoms with Crippen LogP contribution in [0.25, 0.3) is 0 Å². The van der Waals surface area contributed by atoms with Gasteiger partial charge < -0.3 is 15.4 Å². The second-order valence-electron chi connectivity index (χ2n) is 4.08. The molecule has 0 unspecified atom stereocenters. The number of nitrogens with zero attached hydrogens (tertiary/aromatic N) is 2. The van der Waals surface area contributed by atoms with E-state index in [1.54, 1.807) is 4.90 Å². The SMILES string of the molecule is N=C(N)c1ccc(C(F)(F)F)nc1N1CCOCC1. The van der Waals surface area contributed by atoms with Gasteiger partial charge in [0.05, 0.1) is 18.8 Å². The van der Waals surface area contributed by atoms with Gasteiger partial charge in [-0.25, -0.2) is 4.98 Å². The molecule has 1 aliphatic heterocycles. The number of ether oxygens (including phenoxy) is 1. The first kappa shape index (κ1) is 13.6. The smallest absolute Gasteiger partial charge is 0.384 e. The number of morpholine rings is 1. The van der Waals surface area contributed by atoms with Gasteiger partial charge in [0.15, 0.2) is 0 Å². The minimum absolute atomic E-state index is 0.0885. The molecule has 1 saturated heterocycles. The van der Waals surface area contributed by atoms with E-state index in [4.69, 9.17) is 15.9 Å². The molecule has 0 atom stereocenters. The van der Waals surface area contributed by atoms with Crippen molar-refractivity contribution in [1.82, 2.24) is 4.98 Å². The van der Waals surface area contributed by atoms with Crippen LogP contribution in [0.5, 0.6) is 0 Å². The largest absolute Gasteiger partial charge is 0.433 e. The summed E-state index contributed by atoms with van der Waals surface area (Å²) in [5, 5.41) is 7.42. The molecule has 104 valence electrons. The van der Waals surface area contributed by atoms with Crippen LogP contribution >= 0.6 is 0 Å². The van der Waals surface area contributed by atoms with Crippen LogP contribution in [-0.4, -0.2) is 37.1 Å². The number of nitrogen functional groups attached to an aromatic ring is 1. The number of anilines is 1. The fourth-order valence-electron chi connectivity index (χ4n) is 1.83. The highest BCUT2D eigenvalue weighted by molar-refractivity contribution is 5.99. The highest BCUT2D eigenvalue weighted by Crippen LogP contribution is 2.30. The Kier molecular flexibility index (Phi) is 3.61. The molecule has 0 saturated carbocycles. The van der Waals surface area contributed by atoms with Gasteiger partial charge in [-0.1, -0.05) is 0 Å². The Bertz CT molecular complexity index is 483. The fourth-order valence-corrected chi connectivity index (χ4v) is 1.83. The second kappa shape index (κ2) is 5.04. The predicted molar refractivity (Wildman–Crippen MR) is 63.3 cm³/mol. The van der Waals surface area contributed by atoms with E-state index in [1.807, 2.05) is 0 Å². The molecule has 0 amide bonds. The normalized spacial score (nSPS) is 16.5. The molecule has 0 aromatic carbocycles. The maximum atomic E-state index is 12.7. The van der Waals surface area contributed by atoms with Gasteiger partial charge in [-0.3, -0.25) is 5.41 Å². The molecule has 1 aliphatic rings. The minimum Gasteiger partial charge on any atom is -0.384 e. The summed E-state index contributed by atoms with van der Waals surface area (Å²) >= 11 is 0. The van der Waals surface area contributed by atoms with Crippen LogP contribution in [0, 0.1) is 5.41 Å². The Hall–Kier alpha value is -1.83. The summed E-state index contributed by atoms with van der Waals surface area (Å²) in [6.07, 6.45) is -4.52. The number of aromatic nitrogens is 1. The topological polar surface area (TPSA) is 75.2 Å². The summed E-state index contributed by atoms with van der Waals surface area (Å²) in [5.41, 5.74) is 4.60. The summed E-state index contributed by atoms with van der Waals surface area (Å²) in [6.45, 7) is 1.67. The standard InChI is InChI=1S/C11H13F3N4O/c12-11(13,14)8-2-1-7(9(15)16)10(17-8)18-3-5-19-6-4-18/h1-2H,3-6H2,(H3,15,16). The maximum absolute atomic E-state index is 12.7. The van der Waals surface area contributed by atoms with Crippen molar-refractivity contribution < 1.29 is 17.9 Å². The fraction of sp³-hybridized carbons (Fsp3) is 0.455. The average Bonchev–Trinajstić information content (AvgIpc) is 2.38. The molecule has 2 heterocycles. The van der Waals surface area contributed by atoms with E-state index in [-0.39, 0.29) is 17.2 Å². The van der Waals surface area contributed by atoms with Crippen molar-refractivity contribution in [3.63, 3.8) is 0 Å². The first-order chi connectivity index (χ1) is 8.89. The molecule has 1 fully saturated rings. The quantitative estimate of drug-likeness (QED) is 0.628. The Labute approximate surface area is 107 Å². The van der Waals surface area contributed by atoms with Gasteiger partial charge in [-0.05, 0) is 12.1 Å². The molecule has 5 nitrogen and oxygen atoms in total. The van der Waals surface area contributed by atoms with Crippen molar-refractivity contribution in [3.8, 4) is 0 Å². The molecule has 0 aliphatic carbocycles. The zero-order valence-corrected chi connectivity index (χ0v) is 10.00. The first-order valence-corrected chi connectivity index (χ1v) is 5.65. The van der Waals surface area contributed by atoms with Crippen molar-refractivity contribution >= 4 is 11.7 Å². The lowest BCUT2D eigenvalue weighted by atomic mass is 10.2. The molecular formula is C11H13F3N4O. The number of pyridine rings is 1. The number of hydrogen-bond donors (Lipinski definition) is 2. The third-order valence-corrected chi connectivity index (χ3v) is 2.77. The monoisotopic (exact) mass is 274 g/mol. The van der Waals surface area contributed by atoms with Crippen LogP contribution in [-0.2, 0) is 10.9 Å². The third-order valence-electron chi connectivity index (χ3n) is 2.77. The van der Waals surface area contributed by atoms with E-state index in [2.05, 4.69) is 4.98 Å². The predicted octanol–water partition coefficient (Wildman–Crippen LogP) is 1.22. The Balaban J connectivity index is 2.44.